The van der Waals surface area contributed by atoms with Crippen LogP contribution in [0.2, 0.25) is 0 Å². The molecular formula is C20H19N3O4. The van der Waals surface area contributed by atoms with Gasteiger partial charge in [-0.3, -0.25) is 9.59 Å². The maximum atomic E-state index is 12.1. The molecule has 0 aliphatic carbocycles. The van der Waals surface area contributed by atoms with Crippen LogP contribution in [0.15, 0.2) is 65.2 Å². The number of oxazole rings is 1. The van der Waals surface area contributed by atoms with Crippen LogP contribution in [0.3, 0.4) is 0 Å². The maximum Gasteiger partial charge on any atom is 0.255 e. The topological polar surface area (TPSA) is 107 Å². The van der Waals surface area contributed by atoms with Gasteiger partial charge in [0.05, 0.1) is 6.20 Å². The molecule has 27 heavy (non-hydrogen) atoms. The standard InChI is InChI=1S/C20H19N3O4/c21-18(24)13-26-16-8-4-7-15(11-16)23-19(25)9-10-20-22-12-17(27-20)14-5-2-1-3-6-14/h1-8,11-12H,9-10,13H2,(H2,21,24)(H,23,25). The van der Waals surface area contributed by atoms with Crippen LogP contribution >= 0.6 is 0 Å². The third kappa shape index (κ3) is 5.43. The van der Waals surface area contributed by atoms with Crippen LogP contribution in [0, 0.1) is 0 Å². The summed E-state index contributed by atoms with van der Waals surface area (Å²) in [5, 5.41) is 2.77. The molecule has 0 radical (unpaired) electrons. The Balaban J connectivity index is 1.52. The molecule has 0 saturated heterocycles. The van der Waals surface area contributed by atoms with Crippen molar-refractivity contribution in [2.45, 2.75) is 12.8 Å². The van der Waals surface area contributed by atoms with Crippen molar-refractivity contribution in [3.05, 3.63) is 66.7 Å². The van der Waals surface area contributed by atoms with Gasteiger partial charge in [0.25, 0.3) is 5.91 Å². The number of carbonyl (C=O) groups excluding carboxylic acids is 2. The SMILES string of the molecule is NC(=O)COc1cccc(NC(=O)CCc2ncc(-c3ccccc3)o2)c1. The molecule has 3 aromatic rings. The van der Waals surface area contributed by atoms with Gasteiger partial charge < -0.3 is 20.2 Å². The van der Waals surface area contributed by atoms with E-state index in [4.69, 9.17) is 14.9 Å². The zero-order valence-electron chi connectivity index (χ0n) is 14.6. The van der Waals surface area contributed by atoms with Gasteiger partial charge in [-0.15, -0.1) is 0 Å². The average Bonchev–Trinajstić information content (AvgIpc) is 3.15. The second-order valence-electron chi connectivity index (χ2n) is 5.82. The molecule has 0 atom stereocenters. The van der Waals surface area contributed by atoms with Gasteiger partial charge in [0.15, 0.2) is 18.3 Å². The molecule has 3 N–H and O–H groups in total. The van der Waals surface area contributed by atoms with Gasteiger partial charge >= 0.3 is 0 Å². The molecule has 1 heterocycles. The van der Waals surface area contributed by atoms with E-state index in [0.717, 1.165) is 5.56 Å². The van der Waals surface area contributed by atoms with Gasteiger partial charge in [0.1, 0.15) is 5.75 Å². The Labute approximate surface area is 156 Å². The number of nitrogens with zero attached hydrogens (tertiary/aromatic N) is 1. The van der Waals surface area contributed by atoms with Crippen molar-refractivity contribution in [1.82, 2.24) is 4.98 Å². The van der Waals surface area contributed by atoms with Crippen LogP contribution in [0.5, 0.6) is 5.75 Å². The van der Waals surface area contributed by atoms with Crippen molar-refractivity contribution in [3.63, 3.8) is 0 Å². The minimum atomic E-state index is -0.565. The first-order valence-electron chi connectivity index (χ1n) is 8.41. The minimum absolute atomic E-state index is 0.179. The second kappa shape index (κ2) is 8.66. The number of benzene rings is 2. The molecule has 1 aromatic heterocycles. The number of nitrogens with one attached hydrogen (secondary N) is 1. The van der Waals surface area contributed by atoms with E-state index in [1.165, 1.54) is 0 Å². The maximum absolute atomic E-state index is 12.1. The molecule has 0 bridgehead atoms. The van der Waals surface area contributed by atoms with Crippen molar-refractivity contribution in [2.24, 2.45) is 5.73 Å². The van der Waals surface area contributed by atoms with Crippen molar-refractivity contribution in [3.8, 4) is 17.1 Å². The largest absolute Gasteiger partial charge is 0.484 e. The highest BCUT2D eigenvalue weighted by molar-refractivity contribution is 5.91. The summed E-state index contributed by atoms with van der Waals surface area (Å²) in [6, 6.07) is 16.4. The lowest BCUT2D eigenvalue weighted by Gasteiger charge is -2.07. The number of primary amides is 1. The Kier molecular flexibility index (Phi) is 5.84. The molecule has 2 amide bonds. The van der Waals surface area contributed by atoms with E-state index in [0.29, 0.717) is 29.5 Å². The number of anilines is 1. The molecule has 7 nitrogen and oxygen atoms in total. The molecule has 0 spiro atoms. The number of aryl methyl sites for hydroxylation is 1. The predicted molar refractivity (Wildman–Crippen MR) is 100 cm³/mol. The highest BCUT2D eigenvalue weighted by Crippen LogP contribution is 2.21. The average molecular weight is 365 g/mol. The quantitative estimate of drug-likeness (QED) is 0.638. The van der Waals surface area contributed by atoms with Crippen LogP contribution in [0.25, 0.3) is 11.3 Å². The van der Waals surface area contributed by atoms with Crippen LogP contribution in [-0.2, 0) is 16.0 Å². The Bertz CT molecular complexity index is 922. The normalized spacial score (nSPS) is 10.4. The molecule has 7 heteroatoms. The Morgan fingerprint density at radius 2 is 1.93 bits per heavy atom. The second-order valence-corrected chi connectivity index (χ2v) is 5.82. The first kappa shape index (κ1) is 18.2. The third-order valence-electron chi connectivity index (χ3n) is 3.68. The molecule has 0 unspecified atom stereocenters. The van der Waals surface area contributed by atoms with E-state index in [9.17, 15) is 9.59 Å². The summed E-state index contributed by atoms with van der Waals surface area (Å²) in [5.41, 5.74) is 6.55. The summed E-state index contributed by atoms with van der Waals surface area (Å²) >= 11 is 0. The summed E-state index contributed by atoms with van der Waals surface area (Å²) in [5.74, 6) is 0.881. The van der Waals surface area contributed by atoms with Crippen molar-refractivity contribution in [2.75, 3.05) is 11.9 Å². The van der Waals surface area contributed by atoms with E-state index in [1.54, 1.807) is 30.5 Å². The molecule has 0 fully saturated rings. The van der Waals surface area contributed by atoms with Gasteiger partial charge in [-0.25, -0.2) is 4.98 Å². The Morgan fingerprint density at radius 1 is 1.11 bits per heavy atom. The third-order valence-corrected chi connectivity index (χ3v) is 3.68. The predicted octanol–water partition coefficient (Wildman–Crippen LogP) is 2.78. The van der Waals surface area contributed by atoms with Gasteiger partial charge in [0, 0.05) is 30.2 Å². The molecule has 0 saturated carbocycles. The molecule has 3 rings (SSSR count). The van der Waals surface area contributed by atoms with Crippen LogP contribution in [0.1, 0.15) is 12.3 Å². The summed E-state index contributed by atoms with van der Waals surface area (Å²) < 4.78 is 10.9. The lowest BCUT2D eigenvalue weighted by Crippen LogP contribution is -2.20. The van der Waals surface area contributed by atoms with Crippen LogP contribution in [0.4, 0.5) is 5.69 Å². The lowest BCUT2D eigenvalue weighted by molar-refractivity contribution is -0.120. The summed E-state index contributed by atoms with van der Waals surface area (Å²) in [4.78, 5) is 27.1. The monoisotopic (exact) mass is 365 g/mol. The van der Waals surface area contributed by atoms with Crippen molar-refractivity contribution in [1.29, 1.82) is 0 Å². The zero-order chi connectivity index (χ0) is 19.1. The van der Waals surface area contributed by atoms with E-state index in [1.807, 2.05) is 30.3 Å². The number of amides is 2. The fourth-order valence-corrected chi connectivity index (χ4v) is 2.42. The molecule has 138 valence electrons. The van der Waals surface area contributed by atoms with Crippen LogP contribution in [-0.4, -0.2) is 23.4 Å². The first-order valence-corrected chi connectivity index (χ1v) is 8.41. The number of hydrogen-bond acceptors (Lipinski definition) is 5. The number of ether oxygens (including phenoxy) is 1. The fourth-order valence-electron chi connectivity index (χ4n) is 2.42. The van der Waals surface area contributed by atoms with Gasteiger partial charge in [-0.05, 0) is 12.1 Å². The molecule has 0 aliphatic rings. The molecule has 0 aliphatic heterocycles. The number of hydrogen-bond donors (Lipinski definition) is 2. The van der Waals surface area contributed by atoms with E-state index < -0.39 is 5.91 Å². The smallest absolute Gasteiger partial charge is 0.255 e. The summed E-state index contributed by atoms with van der Waals surface area (Å²) in [6.07, 6.45) is 2.26. The van der Waals surface area contributed by atoms with Gasteiger partial charge in [0.2, 0.25) is 5.91 Å². The summed E-state index contributed by atoms with van der Waals surface area (Å²) in [6.45, 7) is -0.217. The Morgan fingerprint density at radius 3 is 2.70 bits per heavy atom. The lowest BCUT2D eigenvalue weighted by atomic mass is 10.2. The Hall–Kier alpha value is -3.61. The van der Waals surface area contributed by atoms with Gasteiger partial charge in [-0.2, -0.15) is 0 Å². The highest BCUT2D eigenvalue weighted by atomic mass is 16.5. The number of aromatic nitrogens is 1. The molecule has 2 aromatic carbocycles. The number of carbonyl (C=O) groups is 2. The molecular weight excluding hydrogens is 346 g/mol. The van der Waals surface area contributed by atoms with E-state index in [2.05, 4.69) is 10.3 Å². The fraction of sp³-hybridized carbons (Fsp3) is 0.150. The minimum Gasteiger partial charge on any atom is -0.484 e. The highest BCUT2D eigenvalue weighted by Gasteiger charge is 2.09. The van der Waals surface area contributed by atoms with Crippen LogP contribution < -0.4 is 15.8 Å². The zero-order valence-corrected chi connectivity index (χ0v) is 14.6. The van der Waals surface area contributed by atoms with Gasteiger partial charge in [-0.1, -0.05) is 36.4 Å². The van der Waals surface area contributed by atoms with Crippen molar-refractivity contribution < 1.29 is 18.7 Å². The number of rotatable bonds is 8. The van der Waals surface area contributed by atoms with Crippen molar-refractivity contribution >= 4 is 17.5 Å². The first-order chi connectivity index (χ1) is 13.1. The van der Waals surface area contributed by atoms with E-state index in [-0.39, 0.29) is 18.9 Å². The summed E-state index contributed by atoms with van der Waals surface area (Å²) in [7, 11) is 0. The number of nitrogens with two attached hydrogens (primary N) is 1. The van der Waals surface area contributed by atoms with E-state index >= 15 is 0 Å².